The van der Waals surface area contributed by atoms with E-state index in [1.165, 1.54) is 19.3 Å². The van der Waals surface area contributed by atoms with Crippen LogP contribution in [0, 0.1) is 0 Å². The Labute approximate surface area is 195 Å². The first-order valence-corrected chi connectivity index (χ1v) is 12.4. The van der Waals surface area contributed by atoms with Gasteiger partial charge in [0, 0.05) is 23.7 Å². The second-order valence-electron chi connectivity index (χ2n) is 10.0. The summed E-state index contributed by atoms with van der Waals surface area (Å²) in [5, 5.41) is 8.05. The van der Waals surface area contributed by atoms with E-state index in [9.17, 15) is 9.59 Å². The molecule has 0 spiro atoms. The highest BCUT2D eigenvalue weighted by molar-refractivity contribution is 6.12. The first-order valence-electron chi connectivity index (χ1n) is 12.4. The van der Waals surface area contributed by atoms with E-state index < -0.39 is 5.54 Å². The van der Waals surface area contributed by atoms with Crippen molar-refractivity contribution < 1.29 is 14.3 Å². The van der Waals surface area contributed by atoms with Crippen LogP contribution in [-0.2, 0) is 11.3 Å². The molecular weight excluding hydrogens is 416 g/mol. The fourth-order valence-electron chi connectivity index (χ4n) is 5.28. The van der Waals surface area contributed by atoms with Crippen LogP contribution >= 0.6 is 0 Å². The summed E-state index contributed by atoms with van der Waals surface area (Å²) in [7, 11) is 1.61. The Morgan fingerprint density at radius 3 is 2.52 bits per heavy atom. The predicted molar refractivity (Wildman–Crippen MR) is 127 cm³/mol. The first-order chi connectivity index (χ1) is 16.0. The van der Waals surface area contributed by atoms with E-state index in [0.717, 1.165) is 44.2 Å². The molecule has 1 aliphatic heterocycles. The van der Waals surface area contributed by atoms with E-state index in [4.69, 9.17) is 9.84 Å². The van der Waals surface area contributed by atoms with Gasteiger partial charge < -0.3 is 10.1 Å². The SMILES string of the molecule is COc1cccc(N2C(=O)c3cc(C4CC4)nn3C[C@@]2(C)C(=O)NC2CCCCCCC2)c1. The summed E-state index contributed by atoms with van der Waals surface area (Å²) in [6.45, 7) is 2.20. The fraction of sp³-hybridized carbons (Fsp3) is 0.577. The molecule has 7 heteroatoms. The summed E-state index contributed by atoms with van der Waals surface area (Å²) in [4.78, 5) is 29.3. The Kier molecular flexibility index (Phi) is 5.89. The molecule has 1 N–H and O–H groups in total. The van der Waals surface area contributed by atoms with Gasteiger partial charge in [0.05, 0.1) is 19.3 Å². The number of methoxy groups -OCH3 is 1. The molecule has 2 fully saturated rings. The van der Waals surface area contributed by atoms with E-state index >= 15 is 0 Å². The number of aromatic nitrogens is 2. The average Bonchev–Trinajstić information content (AvgIpc) is 3.55. The van der Waals surface area contributed by atoms with Gasteiger partial charge in [-0.2, -0.15) is 5.10 Å². The molecule has 7 nitrogen and oxygen atoms in total. The van der Waals surface area contributed by atoms with Crippen molar-refractivity contribution in [1.82, 2.24) is 15.1 Å². The summed E-state index contributed by atoms with van der Waals surface area (Å²) in [6.07, 6.45) is 10.2. The number of ether oxygens (including phenoxy) is 1. The molecule has 33 heavy (non-hydrogen) atoms. The molecule has 0 radical (unpaired) electrons. The topological polar surface area (TPSA) is 76.5 Å². The molecule has 0 saturated heterocycles. The number of benzene rings is 1. The van der Waals surface area contributed by atoms with Gasteiger partial charge in [0.25, 0.3) is 5.91 Å². The van der Waals surface area contributed by atoms with Gasteiger partial charge in [0.15, 0.2) is 0 Å². The lowest BCUT2D eigenvalue weighted by Gasteiger charge is -2.43. The van der Waals surface area contributed by atoms with Crippen molar-refractivity contribution in [1.29, 1.82) is 0 Å². The van der Waals surface area contributed by atoms with Crippen LogP contribution < -0.4 is 15.0 Å². The third-order valence-electron chi connectivity index (χ3n) is 7.41. The quantitative estimate of drug-likeness (QED) is 0.732. The summed E-state index contributed by atoms with van der Waals surface area (Å²) in [5.41, 5.74) is 1.09. The van der Waals surface area contributed by atoms with Gasteiger partial charge in [0.1, 0.15) is 17.0 Å². The Bertz CT molecular complexity index is 1040. The van der Waals surface area contributed by atoms with Gasteiger partial charge in [-0.3, -0.25) is 19.2 Å². The lowest BCUT2D eigenvalue weighted by atomic mass is 9.91. The van der Waals surface area contributed by atoms with Crippen LogP contribution in [0.2, 0.25) is 0 Å². The molecule has 3 aliphatic rings. The van der Waals surface area contributed by atoms with Crippen LogP contribution in [0.25, 0.3) is 0 Å². The van der Waals surface area contributed by atoms with E-state index in [1.54, 1.807) is 16.7 Å². The maximum atomic E-state index is 13.9. The molecule has 0 bridgehead atoms. The van der Waals surface area contributed by atoms with E-state index in [2.05, 4.69) is 5.32 Å². The molecular formula is C26H34N4O3. The maximum absolute atomic E-state index is 13.9. The van der Waals surface area contributed by atoms with E-state index in [0.29, 0.717) is 29.6 Å². The fourth-order valence-corrected chi connectivity index (χ4v) is 5.28. The normalized spacial score (nSPS) is 24.1. The molecule has 2 aliphatic carbocycles. The highest BCUT2D eigenvalue weighted by atomic mass is 16.5. The number of hydrogen-bond acceptors (Lipinski definition) is 4. The molecule has 5 rings (SSSR count). The lowest BCUT2D eigenvalue weighted by Crippen LogP contribution is -2.65. The minimum atomic E-state index is -1.09. The monoisotopic (exact) mass is 450 g/mol. The van der Waals surface area contributed by atoms with Gasteiger partial charge >= 0.3 is 0 Å². The number of carbonyl (C=O) groups excluding carboxylic acids is 2. The zero-order valence-corrected chi connectivity index (χ0v) is 19.7. The zero-order valence-electron chi connectivity index (χ0n) is 19.7. The molecule has 2 heterocycles. The number of carbonyl (C=O) groups is 2. The minimum Gasteiger partial charge on any atom is -0.497 e. The minimum absolute atomic E-state index is 0.113. The highest BCUT2D eigenvalue weighted by Gasteiger charge is 2.49. The smallest absolute Gasteiger partial charge is 0.277 e. The summed E-state index contributed by atoms with van der Waals surface area (Å²) >= 11 is 0. The molecule has 2 saturated carbocycles. The van der Waals surface area contributed by atoms with Crippen molar-refractivity contribution in [2.24, 2.45) is 0 Å². The zero-order chi connectivity index (χ0) is 23.0. The Balaban J connectivity index is 1.50. The molecule has 2 amide bonds. The van der Waals surface area contributed by atoms with Crippen molar-refractivity contribution in [3.63, 3.8) is 0 Å². The number of amides is 2. The Morgan fingerprint density at radius 1 is 1.09 bits per heavy atom. The molecule has 176 valence electrons. The molecule has 0 unspecified atom stereocenters. The summed E-state index contributed by atoms with van der Waals surface area (Å²) < 4.78 is 7.17. The molecule has 1 aromatic carbocycles. The van der Waals surface area contributed by atoms with Crippen molar-refractivity contribution in [2.75, 3.05) is 12.0 Å². The van der Waals surface area contributed by atoms with Crippen LogP contribution in [0.1, 0.15) is 86.8 Å². The van der Waals surface area contributed by atoms with Gasteiger partial charge in [-0.25, -0.2) is 0 Å². The average molecular weight is 451 g/mol. The number of hydrogen-bond donors (Lipinski definition) is 1. The Hall–Kier alpha value is -2.83. The summed E-state index contributed by atoms with van der Waals surface area (Å²) in [5.74, 6) is 0.791. The number of fused-ring (bicyclic) bond motifs is 1. The molecule has 2 aromatic rings. The third kappa shape index (κ3) is 4.25. The number of rotatable bonds is 5. The lowest BCUT2D eigenvalue weighted by molar-refractivity contribution is -0.127. The molecule has 1 aromatic heterocycles. The second kappa shape index (κ2) is 8.84. The van der Waals surface area contributed by atoms with Crippen molar-refractivity contribution in [2.45, 2.75) is 88.8 Å². The third-order valence-corrected chi connectivity index (χ3v) is 7.41. The largest absolute Gasteiger partial charge is 0.497 e. The standard InChI is InChI=1S/C26H34N4O3/c1-26(25(32)27-19-9-6-4-3-5-7-10-19)17-29-23(16-22(28-29)18-13-14-18)24(31)30(26)20-11-8-12-21(15-20)33-2/h8,11-12,15-16,18-19H,3-7,9-10,13-14,17H2,1-2H3,(H,27,32)/t26-/m0/s1. The van der Waals surface area contributed by atoms with Crippen LogP contribution in [-0.4, -0.2) is 40.3 Å². The van der Waals surface area contributed by atoms with Crippen molar-refractivity contribution in [3.05, 3.63) is 41.7 Å². The number of nitrogens with one attached hydrogen (secondary N) is 1. The van der Waals surface area contributed by atoms with Crippen LogP contribution in [0.3, 0.4) is 0 Å². The van der Waals surface area contributed by atoms with Crippen LogP contribution in [0.5, 0.6) is 5.75 Å². The molecule has 1 atom stereocenters. The van der Waals surface area contributed by atoms with Gasteiger partial charge in [-0.15, -0.1) is 0 Å². The van der Waals surface area contributed by atoms with Crippen molar-refractivity contribution in [3.8, 4) is 5.75 Å². The maximum Gasteiger partial charge on any atom is 0.277 e. The van der Waals surface area contributed by atoms with E-state index in [1.807, 2.05) is 37.3 Å². The second-order valence-corrected chi connectivity index (χ2v) is 10.0. The predicted octanol–water partition coefficient (Wildman–Crippen LogP) is 4.42. The van der Waals surface area contributed by atoms with Gasteiger partial charge in [-0.1, -0.05) is 38.2 Å². The van der Waals surface area contributed by atoms with E-state index in [-0.39, 0.29) is 17.9 Å². The van der Waals surface area contributed by atoms with Crippen molar-refractivity contribution >= 4 is 17.5 Å². The highest BCUT2D eigenvalue weighted by Crippen LogP contribution is 2.41. The van der Waals surface area contributed by atoms with Crippen LogP contribution in [0.4, 0.5) is 5.69 Å². The number of anilines is 1. The number of nitrogens with zero attached hydrogens (tertiary/aromatic N) is 3. The van der Waals surface area contributed by atoms with Gasteiger partial charge in [-0.05, 0) is 50.8 Å². The first kappa shape index (κ1) is 22.0. The summed E-state index contributed by atoms with van der Waals surface area (Å²) in [6, 6.07) is 9.47. The Morgan fingerprint density at radius 2 is 1.82 bits per heavy atom. The van der Waals surface area contributed by atoms with Crippen LogP contribution in [0.15, 0.2) is 30.3 Å². The van der Waals surface area contributed by atoms with Gasteiger partial charge in [0.2, 0.25) is 5.91 Å².